The number of rotatable bonds is 1. The molecule has 1 aromatic carbocycles. The van der Waals surface area contributed by atoms with Gasteiger partial charge in [0.25, 0.3) is 0 Å². The molecule has 14 heavy (non-hydrogen) atoms. The van der Waals surface area contributed by atoms with E-state index in [2.05, 4.69) is 15.9 Å². The van der Waals surface area contributed by atoms with Crippen molar-refractivity contribution in [2.75, 3.05) is 0 Å². The van der Waals surface area contributed by atoms with Crippen LogP contribution in [0, 0.1) is 0 Å². The summed E-state index contributed by atoms with van der Waals surface area (Å²) in [7, 11) is -2.88. The van der Waals surface area contributed by atoms with Crippen LogP contribution >= 0.6 is 15.9 Å². The van der Waals surface area contributed by atoms with Crippen LogP contribution in [-0.4, -0.2) is 8.42 Å². The molecule has 0 fully saturated rings. The predicted octanol–water partition coefficient (Wildman–Crippen LogP) is 2.44. The van der Waals surface area contributed by atoms with Crippen LogP contribution in [-0.2, 0) is 16.9 Å². The Kier molecular flexibility index (Phi) is 3.20. The molecule has 7 heteroatoms. The van der Waals surface area contributed by atoms with Gasteiger partial charge in [-0.3, -0.25) is 0 Å². The van der Waals surface area contributed by atoms with Gasteiger partial charge in [0, 0.05) is 4.47 Å². The molecule has 0 aliphatic carbocycles. The fraction of sp³-hybridized carbons (Fsp3) is 0.143. The first kappa shape index (κ1) is 11.5. The molecule has 2 nitrogen and oxygen atoms in total. The molecule has 0 atom stereocenters. The highest BCUT2D eigenvalue weighted by molar-refractivity contribution is 9.10. The van der Waals surface area contributed by atoms with E-state index in [1.54, 1.807) is 0 Å². The van der Waals surface area contributed by atoms with E-state index in [-0.39, 0.29) is 9.37 Å². The quantitative estimate of drug-likeness (QED) is 0.806. The third-order valence-corrected chi connectivity index (χ3v) is 3.22. The monoisotopic (exact) mass is 288 g/mol. The molecule has 0 N–H and O–H groups in total. The molecule has 0 aliphatic rings. The maximum Gasteiger partial charge on any atom is 0.416 e. The van der Waals surface area contributed by atoms with Crippen LogP contribution in [0.3, 0.4) is 0 Å². The summed E-state index contributed by atoms with van der Waals surface area (Å²) in [6.07, 6.45) is -4.46. The van der Waals surface area contributed by atoms with Crippen molar-refractivity contribution in [1.29, 1.82) is 0 Å². The molecule has 0 aromatic heterocycles. The zero-order valence-corrected chi connectivity index (χ0v) is 8.99. The van der Waals surface area contributed by atoms with E-state index in [9.17, 15) is 21.6 Å². The Morgan fingerprint density at radius 1 is 1.21 bits per heavy atom. The molecule has 1 aromatic rings. The smallest absolute Gasteiger partial charge is 0.227 e. The van der Waals surface area contributed by atoms with Crippen molar-refractivity contribution in [3.05, 3.63) is 28.2 Å². The van der Waals surface area contributed by atoms with E-state index in [0.29, 0.717) is 0 Å². The molecule has 0 saturated heterocycles. The SMILES string of the molecule is O=[SH](=O)c1ccc(C(F)(F)F)cc1Br. The first-order chi connectivity index (χ1) is 6.32. The Morgan fingerprint density at radius 2 is 1.79 bits per heavy atom. The molecule has 0 aliphatic heterocycles. The summed E-state index contributed by atoms with van der Waals surface area (Å²) in [5.41, 5.74) is -0.884. The molecule has 78 valence electrons. The molecule has 0 unspecified atom stereocenters. The predicted molar refractivity (Wildman–Crippen MR) is 47.7 cm³/mol. The number of thiol groups is 1. The lowest BCUT2D eigenvalue weighted by molar-refractivity contribution is -0.137. The standard InChI is InChI=1S/C7H4BrF3O2S/c8-5-3-4(7(9,10)11)1-2-6(5)14(12)13/h1-3,14H. The van der Waals surface area contributed by atoms with Crippen LogP contribution in [0.1, 0.15) is 5.56 Å². The molecule has 0 amide bonds. The Balaban J connectivity index is 3.27. The first-order valence-corrected chi connectivity index (χ1v) is 5.30. The van der Waals surface area contributed by atoms with Gasteiger partial charge in [0.2, 0.25) is 0 Å². The summed E-state index contributed by atoms with van der Waals surface area (Å²) in [5, 5.41) is 0. The third-order valence-electron chi connectivity index (χ3n) is 1.47. The Bertz CT molecular complexity index is 417. The molecule has 0 bridgehead atoms. The highest BCUT2D eigenvalue weighted by atomic mass is 79.9. The van der Waals surface area contributed by atoms with Crippen molar-refractivity contribution in [1.82, 2.24) is 0 Å². The topological polar surface area (TPSA) is 34.1 Å². The van der Waals surface area contributed by atoms with Gasteiger partial charge in [0.1, 0.15) is 0 Å². The van der Waals surface area contributed by atoms with Crippen molar-refractivity contribution < 1.29 is 21.6 Å². The van der Waals surface area contributed by atoms with E-state index >= 15 is 0 Å². The zero-order valence-electron chi connectivity index (χ0n) is 6.51. The van der Waals surface area contributed by atoms with Crippen molar-refractivity contribution in [3.8, 4) is 0 Å². The van der Waals surface area contributed by atoms with Gasteiger partial charge in [-0.05, 0) is 34.1 Å². The van der Waals surface area contributed by atoms with Gasteiger partial charge in [-0.1, -0.05) is 0 Å². The van der Waals surface area contributed by atoms with Gasteiger partial charge < -0.3 is 0 Å². The Hall–Kier alpha value is -0.560. The maximum absolute atomic E-state index is 12.1. The number of hydrogen-bond acceptors (Lipinski definition) is 2. The van der Waals surface area contributed by atoms with Gasteiger partial charge in [0.05, 0.1) is 10.5 Å². The molecule has 0 spiro atoms. The van der Waals surface area contributed by atoms with Crippen molar-refractivity contribution in [2.45, 2.75) is 11.1 Å². The molecule has 0 saturated carbocycles. The highest BCUT2D eigenvalue weighted by Gasteiger charge is 2.30. The first-order valence-electron chi connectivity index (χ1n) is 3.33. The van der Waals surface area contributed by atoms with Crippen molar-refractivity contribution >= 4 is 26.6 Å². The lowest BCUT2D eigenvalue weighted by Gasteiger charge is -2.07. The van der Waals surface area contributed by atoms with Crippen LogP contribution in [0.5, 0.6) is 0 Å². The maximum atomic E-state index is 12.1. The second kappa shape index (κ2) is 3.90. The number of benzene rings is 1. The normalized spacial score (nSPS) is 12.1. The van der Waals surface area contributed by atoms with E-state index in [1.165, 1.54) is 0 Å². The summed E-state index contributed by atoms with van der Waals surface area (Å²) >= 11 is 2.76. The Morgan fingerprint density at radius 3 is 2.14 bits per heavy atom. The lowest BCUT2D eigenvalue weighted by Crippen LogP contribution is -2.04. The van der Waals surface area contributed by atoms with Gasteiger partial charge in [0.15, 0.2) is 10.7 Å². The van der Waals surface area contributed by atoms with Gasteiger partial charge >= 0.3 is 6.18 Å². The summed E-state index contributed by atoms with van der Waals surface area (Å²) in [6, 6.07) is 2.38. The van der Waals surface area contributed by atoms with E-state index < -0.39 is 22.4 Å². The molecule has 1 rings (SSSR count). The molecular weight excluding hydrogens is 285 g/mol. The van der Waals surface area contributed by atoms with Gasteiger partial charge in [-0.2, -0.15) is 13.2 Å². The number of halogens is 4. The van der Waals surface area contributed by atoms with Gasteiger partial charge in [-0.15, -0.1) is 0 Å². The van der Waals surface area contributed by atoms with Crippen LogP contribution in [0.2, 0.25) is 0 Å². The fourth-order valence-corrected chi connectivity index (χ4v) is 2.08. The van der Waals surface area contributed by atoms with Gasteiger partial charge in [-0.25, -0.2) is 8.42 Å². The van der Waals surface area contributed by atoms with Crippen LogP contribution in [0.15, 0.2) is 27.6 Å². The van der Waals surface area contributed by atoms with Crippen LogP contribution in [0.25, 0.3) is 0 Å². The van der Waals surface area contributed by atoms with E-state index in [4.69, 9.17) is 0 Å². The highest BCUT2D eigenvalue weighted by Crippen LogP contribution is 2.32. The second-order valence-electron chi connectivity index (χ2n) is 2.42. The summed E-state index contributed by atoms with van der Waals surface area (Å²) < 4.78 is 57.3. The van der Waals surface area contributed by atoms with Crippen LogP contribution in [0.4, 0.5) is 13.2 Å². The second-order valence-corrected chi connectivity index (χ2v) is 4.27. The summed E-state index contributed by atoms with van der Waals surface area (Å²) in [5.74, 6) is 0. The Labute approximate surface area is 87.8 Å². The average Bonchev–Trinajstić information content (AvgIpc) is 2.01. The summed E-state index contributed by atoms with van der Waals surface area (Å²) in [4.78, 5) is -0.159. The molecule has 0 heterocycles. The number of hydrogen-bond donors (Lipinski definition) is 1. The number of alkyl halides is 3. The molecular formula is C7H4BrF3O2S. The average molecular weight is 289 g/mol. The minimum absolute atomic E-state index is 0.0802. The summed E-state index contributed by atoms with van der Waals surface area (Å²) in [6.45, 7) is 0. The fourth-order valence-electron chi connectivity index (χ4n) is 0.831. The van der Waals surface area contributed by atoms with Crippen molar-refractivity contribution in [2.24, 2.45) is 0 Å². The van der Waals surface area contributed by atoms with Crippen LogP contribution < -0.4 is 0 Å². The van der Waals surface area contributed by atoms with E-state index in [1.807, 2.05) is 0 Å². The molecule has 0 radical (unpaired) electrons. The largest absolute Gasteiger partial charge is 0.416 e. The lowest BCUT2D eigenvalue weighted by atomic mass is 10.2. The van der Waals surface area contributed by atoms with Crippen molar-refractivity contribution in [3.63, 3.8) is 0 Å². The third kappa shape index (κ3) is 2.48. The zero-order chi connectivity index (χ0) is 10.9. The van der Waals surface area contributed by atoms with E-state index in [0.717, 1.165) is 18.2 Å². The minimum atomic E-state index is -4.46. The minimum Gasteiger partial charge on any atom is -0.227 e.